The lowest BCUT2D eigenvalue weighted by atomic mass is 9.93. The van der Waals surface area contributed by atoms with E-state index in [-0.39, 0.29) is 29.7 Å². The molecule has 2 atom stereocenters. The van der Waals surface area contributed by atoms with E-state index in [2.05, 4.69) is 5.32 Å². The Bertz CT molecular complexity index is 357. The highest BCUT2D eigenvalue weighted by Gasteiger charge is 2.34. The van der Waals surface area contributed by atoms with Gasteiger partial charge in [0.05, 0.1) is 13.0 Å². The molecule has 6 nitrogen and oxygen atoms in total. The van der Waals surface area contributed by atoms with Gasteiger partial charge in [0.15, 0.2) is 0 Å². The van der Waals surface area contributed by atoms with E-state index in [0.717, 1.165) is 6.42 Å². The van der Waals surface area contributed by atoms with Crippen molar-refractivity contribution in [3.05, 3.63) is 0 Å². The zero-order chi connectivity index (χ0) is 14.4. The third-order valence-electron chi connectivity index (χ3n) is 3.21. The van der Waals surface area contributed by atoms with Crippen LogP contribution in [-0.4, -0.2) is 48.9 Å². The van der Waals surface area contributed by atoms with Gasteiger partial charge in [0, 0.05) is 32.5 Å². The number of piperidine rings is 1. The Morgan fingerprint density at radius 1 is 1.32 bits per heavy atom. The van der Waals surface area contributed by atoms with E-state index in [4.69, 9.17) is 4.74 Å². The highest BCUT2D eigenvalue weighted by atomic mass is 16.5. The second-order valence-electron chi connectivity index (χ2n) is 4.90. The fourth-order valence-electron chi connectivity index (χ4n) is 2.40. The van der Waals surface area contributed by atoms with Gasteiger partial charge in [0.1, 0.15) is 0 Å². The molecule has 6 heteroatoms. The SMILES string of the molecule is CCCC(=O)N1CC(NC(C)=O)CC(C(=O)OC)C1. The molecular formula is C13H22N2O4. The molecule has 0 aromatic carbocycles. The van der Waals surface area contributed by atoms with E-state index in [1.165, 1.54) is 14.0 Å². The summed E-state index contributed by atoms with van der Waals surface area (Å²) < 4.78 is 4.74. The summed E-state index contributed by atoms with van der Waals surface area (Å²) in [6, 6.07) is -0.184. The quantitative estimate of drug-likeness (QED) is 0.746. The Balaban J connectivity index is 2.73. The van der Waals surface area contributed by atoms with Crippen LogP contribution in [0.4, 0.5) is 0 Å². The minimum absolute atomic E-state index is 0.0199. The normalized spacial score (nSPS) is 22.8. The van der Waals surface area contributed by atoms with Crippen LogP contribution < -0.4 is 5.32 Å². The van der Waals surface area contributed by atoms with Crippen LogP contribution in [0.2, 0.25) is 0 Å². The maximum Gasteiger partial charge on any atom is 0.310 e. The predicted octanol–water partition coefficient (Wildman–Crippen LogP) is 0.313. The molecule has 0 aromatic heterocycles. The second-order valence-corrected chi connectivity index (χ2v) is 4.90. The number of ether oxygens (including phenoxy) is 1. The van der Waals surface area contributed by atoms with Crippen molar-refractivity contribution in [1.82, 2.24) is 10.2 Å². The van der Waals surface area contributed by atoms with Gasteiger partial charge in [-0.15, -0.1) is 0 Å². The largest absolute Gasteiger partial charge is 0.469 e. The first-order valence-corrected chi connectivity index (χ1v) is 6.60. The number of hydrogen-bond donors (Lipinski definition) is 1. The van der Waals surface area contributed by atoms with E-state index >= 15 is 0 Å². The maximum absolute atomic E-state index is 11.9. The number of methoxy groups -OCH3 is 1. The minimum Gasteiger partial charge on any atom is -0.469 e. The van der Waals surface area contributed by atoms with Crippen molar-refractivity contribution in [3.8, 4) is 0 Å². The van der Waals surface area contributed by atoms with E-state index in [0.29, 0.717) is 25.9 Å². The van der Waals surface area contributed by atoms with Crippen molar-refractivity contribution in [2.24, 2.45) is 5.92 Å². The number of rotatable bonds is 4. The van der Waals surface area contributed by atoms with Crippen molar-refractivity contribution >= 4 is 17.8 Å². The van der Waals surface area contributed by atoms with Crippen molar-refractivity contribution in [2.45, 2.75) is 39.2 Å². The number of carbonyl (C=O) groups is 3. The molecular weight excluding hydrogens is 248 g/mol. The Kier molecular flexibility index (Phi) is 5.79. The zero-order valence-corrected chi connectivity index (χ0v) is 11.8. The number of carbonyl (C=O) groups excluding carboxylic acids is 3. The van der Waals surface area contributed by atoms with Gasteiger partial charge in [-0.1, -0.05) is 6.92 Å². The predicted molar refractivity (Wildman–Crippen MR) is 69.2 cm³/mol. The molecule has 0 spiro atoms. The molecule has 1 aliphatic rings. The molecule has 1 aliphatic heterocycles. The molecule has 2 unspecified atom stereocenters. The van der Waals surface area contributed by atoms with Gasteiger partial charge in [-0.2, -0.15) is 0 Å². The smallest absolute Gasteiger partial charge is 0.310 e. The molecule has 0 saturated carbocycles. The Morgan fingerprint density at radius 2 is 2.00 bits per heavy atom. The molecule has 0 aromatic rings. The number of hydrogen-bond acceptors (Lipinski definition) is 4. The molecule has 1 N–H and O–H groups in total. The monoisotopic (exact) mass is 270 g/mol. The van der Waals surface area contributed by atoms with Crippen LogP contribution in [0.3, 0.4) is 0 Å². The minimum atomic E-state index is -0.364. The van der Waals surface area contributed by atoms with E-state index < -0.39 is 0 Å². The average molecular weight is 270 g/mol. The summed E-state index contributed by atoms with van der Waals surface area (Å²) in [7, 11) is 1.34. The average Bonchev–Trinajstić information content (AvgIpc) is 2.36. The summed E-state index contributed by atoms with van der Waals surface area (Å²) in [4.78, 5) is 36.4. The van der Waals surface area contributed by atoms with Crippen LogP contribution in [0.25, 0.3) is 0 Å². The molecule has 1 fully saturated rings. The molecule has 0 bridgehead atoms. The van der Waals surface area contributed by atoms with Crippen LogP contribution in [0.15, 0.2) is 0 Å². The van der Waals surface area contributed by atoms with E-state index in [1.807, 2.05) is 6.92 Å². The third-order valence-corrected chi connectivity index (χ3v) is 3.21. The summed E-state index contributed by atoms with van der Waals surface area (Å²) in [5.74, 6) is -0.828. The van der Waals surface area contributed by atoms with Crippen LogP contribution in [0, 0.1) is 5.92 Å². The van der Waals surface area contributed by atoms with Gasteiger partial charge < -0.3 is 15.0 Å². The zero-order valence-electron chi connectivity index (χ0n) is 11.8. The maximum atomic E-state index is 11.9. The number of amides is 2. The standard InChI is InChI=1S/C13H22N2O4/c1-4-5-12(17)15-7-10(13(18)19-3)6-11(8-15)14-9(2)16/h10-11H,4-8H2,1-3H3,(H,14,16). The highest BCUT2D eigenvalue weighted by molar-refractivity contribution is 5.79. The molecule has 1 saturated heterocycles. The van der Waals surface area contributed by atoms with Gasteiger partial charge in [0.25, 0.3) is 0 Å². The van der Waals surface area contributed by atoms with Crippen LogP contribution >= 0.6 is 0 Å². The summed E-state index contributed by atoms with van der Waals surface area (Å²) in [5.41, 5.74) is 0. The highest BCUT2D eigenvalue weighted by Crippen LogP contribution is 2.19. The number of esters is 1. The van der Waals surface area contributed by atoms with Crippen molar-refractivity contribution < 1.29 is 19.1 Å². The van der Waals surface area contributed by atoms with E-state index in [1.54, 1.807) is 4.90 Å². The topological polar surface area (TPSA) is 75.7 Å². The number of likely N-dealkylation sites (tertiary alicyclic amines) is 1. The number of nitrogens with zero attached hydrogens (tertiary/aromatic N) is 1. The second kappa shape index (κ2) is 7.11. The summed E-state index contributed by atoms with van der Waals surface area (Å²) in [5, 5.41) is 2.78. The summed E-state index contributed by atoms with van der Waals surface area (Å²) in [6.07, 6.45) is 1.74. The Hall–Kier alpha value is -1.59. The summed E-state index contributed by atoms with van der Waals surface area (Å²) in [6.45, 7) is 4.21. The van der Waals surface area contributed by atoms with E-state index in [9.17, 15) is 14.4 Å². The van der Waals surface area contributed by atoms with Gasteiger partial charge in [-0.05, 0) is 12.8 Å². The van der Waals surface area contributed by atoms with Crippen molar-refractivity contribution in [3.63, 3.8) is 0 Å². The lowest BCUT2D eigenvalue weighted by Crippen LogP contribution is -2.53. The molecule has 19 heavy (non-hydrogen) atoms. The van der Waals surface area contributed by atoms with Crippen molar-refractivity contribution in [2.75, 3.05) is 20.2 Å². The van der Waals surface area contributed by atoms with Crippen LogP contribution in [0.5, 0.6) is 0 Å². The van der Waals surface area contributed by atoms with Crippen LogP contribution in [-0.2, 0) is 19.1 Å². The fourth-order valence-corrected chi connectivity index (χ4v) is 2.40. The number of nitrogens with one attached hydrogen (secondary N) is 1. The Morgan fingerprint density at radius 3 is 2.53 bits per heavy atom. The lowest BCUT2D eigenvalue weighted by Gasteiger charge is -2.36. The van der Waals surface area contributed by atoms with Gasteiger partial charge in [-0.3, -0.25) is 14.4 Å². The lowest BCUT2D eigenvalue weighted by molar-refractivity contribution is -0.150. The van der Waals surface area contributed by atoms with Gasteiger partial charge in [-0.25, -0.2) is 0 Å². The van der Waals surface area contributed by atoms with Crippen LogP contribution in [0.1, 0.15) is 33.1 Å². The fraction of sp³-hybridized carbons (Fsp3) is 0.769. The first kappa shape index (κ1) is 15.5. The van der Waals surface area contributed by atoms with Crippen molar-refractivity contribution in [1.29, 1.82) is 0 Å². The molecule has 1 rings (SSSR count). The molecule has 108 valence electrons. The summed E-state index contributed by atoms with van der Waals surface area (Å²) >= 11 is 0. The molecule has 1 heterocycles. The first-order chi connectivity index (χ1) is 8.97. The first-order valence-electron chi connectivity index (χ1n) is 6.60. The third kappa shape index (κ3) is 4.54. The Labute approximate surface area is 113 Å². The molecule has 2 amide bonds. The van der Waals surface area contributed by atoms with Gasteiger partial charge in [0.2, 0.25) is 11.8 Å². The molecule has 0 radical (unpaired) electrons. The molecule has 0 aliphatic carbocycles. The van der Waals surface area contributed by atoms with Gasteiger partial charge >= 0.3 is 5.97 Å².